The van der Waals surface area contributed by atoms with Crippen LogP contribution in [0.4, 0.5) is 4.39 Å². The van der Waals surface area contributed by atoms with Gasteiger partial charge in [0.25, 0.3) is 5.91 Å². The summed E-state index contributed by atoms with van der Waals surface area (Å²) >= 11 is 0. The van der Waals surface area contributed by atoms with Crippen LogP contribution >= 0.6 is 0 Å². The van der Waals surface area contributed by atoms with Crippen molar-refractivity contribution >= 4 is 15.7 Å². The number of hydrogen-bond acceptors (Lipinski definition) is 5. The molecule has 2 heterocycles. The van der Waals surface area contributed by atoms with Crippen molar-refractivity contribution in [1.29, 1.82) is 0 Å². The lowest BCUT2D eigenvalue weighted by atomic mass is 10.0. The molecule has 134 valence electrons. The van der Waals surface area contributed by atoms with E-state index < -0.39 is 21.3 Å². The summed E-state index contributed by atoms with van der Waals surface area (Å²) < 4.78 is 46.9. The molecule has 1 aliphatic heterocycles. The maximum absolute atomic E-state index is 12.8. The second kappa shape index (κ2) is 6.51. The second-order valence-corrected chi connectivity index (χ2v) is 8.55. The third-order valence-electron chi connectivity index (χ3n) is 4.00. The predicted octanol–water partition coefficient (Wildman–Crippen LogP) is 2.30. The Labute approximate surface area is 144 Å². The molecule has 1 saturated heterocycles. The molecule has 25 heavy (non-hydrogen) atoms. The van der Waals surface area contributed by atoms with Gasteiger partial charge in [-0.1, -0.05) is 0 Å². The molecule has 8 heteroatoms. The molecule has 0 saturated carbocycles. The monoisotopic (exact) mass is 367 g/mol. The number of carbonyl (C=O) groups is 1. The Balaban J connectivity index is 1.59. The molecule has 1 N–H and O–H groups in total. The minimum Gasteiger partial charge on any atom is -0.486 e. The number of benzene rings is 1. The van der Waals surface area contributed by atoms with Crippen LogP contribution in [0.2, 0.25) is 0 Å². The van der Waals surface area contributed by atoms with Gasteiger partial charge in [0.1, 0.15) is 23.9 Å². The third-order valence-corrected chi connectivity index (χ3v) is 5.90. The molecular weight excluding hydrogens is 349 g/mol. The van der Waals surface area contributed by atoms with Crippen LogP contribution in [0, 0.1) is 5.82 Å². The highest BCUT2D eigenvalue weighted by Crippen LogP contribution is 2.23. The van der Waals surface area contributed by atoms with Crippen molar-refractivity contribution in [1.82, 2.24) is 5.32 Å². The first kappa shape index (κ1) is 17.5. The molecule has 1 aliphatic rings. The Bertz CT molecular complexity index is 875. The van der Waals surface area contributed by atoms with E-state index in [1.165, 1.54) is 30.3 Å². The van der Waals surface area contributed by atoms with Crippen molar-refractivity contribution in [3.05, 3.63) is 53.7 Å². The molecule has 3 rings (SSSR count). The Morgan fingerprint density at radius 1 is 1.28 bits per heavy atom. The molecule has 0 spiro atoms. The van der Waals surface area contributed by atoms with Crippen molar-refractivity contribution in [3.63, 3.8) is 0 Å². The van der Waals surface area contributed by atoms with E-state index in [4.69, 9.17) is 9.15 Å². The maximum atomic E-state index is 12.8. The Morgan fingerprint density at radius 3 is 2.64 bits per heavy atom. The van der Waals surface area contributed by atoms with Gasteiger partial charge in [-0.2, -0.15) is 0 Å². The van der Waals surface area contributed by atoms with Gasteiger partial charge in [0.15, 0.2) is 15.6 Å². The number of nitrogens with one attached hydrogen (secondary N) is 1. The fraction of sp³-hybridized carbons (Fsp3) is 0.353. The van der Waals surface area contributed by atoms with Gasteiger partial charge in [-0.3, -0.25) is 4.79 Å². The van der Waals surface area contributed by atoms with Crippen LogP contribution in [0.15, 0.2) is 40.8 Å². The molecule has 1 atom stereocenters. The first-order valence-corrected chi connectivity index (χ1v) is 9.57. The lowest BCUT2D eigenvalue weighted by Crippen LogP contribution is -2.46. The average molecular weight is 367 g/mol. The van der Waals surface area contributed by atoms with E-state index in [-0.39, 0.29) is 29.7 Å². The largest absolute Gasteiger partial charge is 0.486 e. The van der Waals surface area contributed by atoms with Gasteiger partial charge in [-0.25, -0.2) is 12.8 Å². The molecule has 0 radical (unpaired) electrons. The first-order valence-electron chi connectivity index (χ1n) is 7.75. The molecular formula is C17H18FNO5S. The SMILES string of the molecule is C[C@]1(NC(=O)c2ccc(COc3ccc(F)cc3)o2)CCS(=O)(=O)C1. The molecule has 1 fully saturated rings. The van der Waals surface area contributed by atoms with Crippen LogP contribution in [0.1, 0.15) is 29.7 Å². The summed E-state index contributed by atoms with van der Waals surface area (Å²) in [5.74, 6) is 0.166. The van der Waals surface area contributed by atoms with Crippen LogP contribution in [0.5, 0.6) is 5.75 Å². The highest BCUT2D eigenvalue weighted by atomic mass is 32.2. The highest BCUT2D eigenvalue weighted by molar-refractivity contribution is 7.91. The summed E-state index contributed by atoms with van der Waals surface area (Å²) in [5.41, 5.74) is -0.784. The smallest absolute Gasteiger partial charge is 0.287 e. The molecule has 0 aliphatic carbocycles. The fourth-order valence-corrected chi connectivity index (χ4v) is 4.80. The minimum absolute atomic E-state index is 0.0681. The molecule has 2 aromatic rings. The maximum Gasteiger partial charge on any atom is 0.287 e. The number of furan rings is 1. The molecule has 6 nitrogen and oxygen atoms in total. The van der Waals surface area contributed by atoms with E-state index in [0.717, 1.165) is 0 Å². The van der Waals surface area contributed by atoms with Crippen LogP contribution in [0.3, 0.4) is 0 Å². The number of halogens is 1. The summed E-state index contributed by atoms with van der Waals surface area (Å²) in [5, 5.41) is 2.73. The van der Waals surface area contributed by atoms with Crippen molar-refractivity contribution in [2.45, 2.75) is 25.5 Å². The van der Waals surface area contributed by atoms with Crippen molar-refractivity contribution in [3.8, 4) is 5.75 Å². The molecule has 1 aromatic heterocycles. The van der Waals surface area contributed by atoms with Crippen LogP contribution in [-0.4, -0.2) is 31.4 Å². The van der Waals surface area contributed by atoms with Gasteiger partial charge in [-0.05, 0) is 49.7 Å². The Morgan fingerprint density at radius 2 is 2.00 bits per heavy atom. The predicted molar refractivity (Wildman–Crippen MR) is 88.6 cm³/mol. The van der Waals surface area contributed by atoms with E-state index in [9.17, 15) is 17.6 Å². The van der Waals surface area contributed by atoms with Crippen molar-refractivity contribution in [2.75, 3.05) is 11.5 Å². The van der Waals surface area contributed by atoms with Crippen LogP contribution in [-0.2, 0) is 16.4 Å². The van der Waals surface area contributed by atoms with Crippen LogP contribution in [0.25, 0.3) is 0 Å². The topological polar surface area (TPSA) is 85.6 Å². The number of sulfone groups is 1. The lowest BCUT2D eigenvalue weighted by molar-refractivity contribution is 0.0882. The summed E-state index contributed by atoms with van der Waals surface area (Å²) in [7, 11) is -3.11. The third kappa shape index (κ3) is 4.39. The number of carbonyl (C=O) groups excluding carboxylic acids is 1. The van der Waals surface area contributed by atoms with Gasteiger partial charge in [0, 0.05) is 0 Å². The van der Waals surface area contributed by atoms with E-state index in [0.29, 0.717) is 17.9 Å². The zero-order chi connectivity index (χ0) is 18.1. The van der Waals surface area contributed by atoms with E-state index in [2.05, 4.69) is 5.32 Å². The fourth-order valence-electron chi connectivity index (χ4n) is 2.71. The zero-order valence-corrected chi connectivity index (χ0v) is 14.4. The standard InChI is InChI=1S/C17H18FNO5S/c1-17(8-9-25(21,22)11-17)19-16(20)15-7-6-14(24-15)10-23-13-4-2-12(18)3-5-13/h2-7H,8-11H2,1H3,(H,19,20)/t17-/m0/s1. The molecule has 0 unspecified atom stereocenters. The highest BCUT2D eigenvalue weighted by Gasteiger charge is 2.39. The minimum atomic E-state index is -3.11. The van der Waals surface area contributed by atoms with Crippen molar-refractivity contribution in [2.24, 2.45) is 0 Å². The Kier molecular flexibility index (Phi) is 4.55. The van der Waals surface area contributed by atoms with Gasteiger partial charge < -0.3 is 14.5 Å². The van der Waals surface area contributed by atoms with Gasteiger partial charge in [0.2, 0.25) is 0 Å². The van der Waals surface area contributed by atoms with Gasteiger partial charge in [-0.15, -0.1) is 0 Å². The summed E-state index contributed by atoms with van der Waals surface area (Å²) in [4.78, 5) is 12.3. The quantitative estimate of drug-likeness (QED) is 0.876. The first-order chi connectivity index (χ1) is 11.7. The van der Waals surface area contributed by atoms with Gasteiger partial charge >= 0.3 is 0 Å². The van der Waals surface area contributed by atoms with E-state index in [1.54, 1.807) is 13.0 Å². The zero-order valence-electron chi connectivity index (χ0n) is 13.6. The van der Waals surface area contributed by atoms with Crippen LogP contribution < -0.4 is 10.1 Å². The molecule has 1 amide bonds. The summed E-state index contributed by atoms with van der Waals surface area (Å²) in [6.07, 6.45) is 0.377. The Hall–Kier alpha value is -2.35. The van der Waals surface area contributed by atoms with Gasteiger partial charge in [0.05, 0.1) is 17.0 Å². The number of ether oxygens (including phenoxy) is 1. The lowest BCUT2D eigenvalue weighted by Gasteiger charge is -2.23. The number of amides is 1. The summed E-state index contributed by atoms with van der Waals surface area (Å²) in [6, 6.07) is 8.66. The molecule has 1 aromatic carbocycles. The van der Waals surface area contributed by atoms with E-state index in [1.807, 2.05) is 0 Å². The molecule has 0 bridgehead atoms. The number of rotatable bonds is 5. The van der Waals surface area contributed by atoms with Crippen molar-refractivity contribution < 1.29 is 26.8 Å². The summed E-state index contributed by atoms with van der Waals surface area (Å²) in [6.45, 7) is 1.79. The second-order valence-electron chi connectivity index (χ2n) is 6.37. The van der Waals surface area contributed by atoms with E-state index >= 15 is 0 Å². The number of hydrogen-bond donors (Lipinski definition) is 1. The normalized spacial score (nSPS) is 21.8. The average Bonchev–Trinajstić information content (AvgIpc) is 3.11.